The number of piperidine rings is 1. The van der Waals surface area contributed by atoms with Gasteiger partial charge in [-0.3, -0.25) is 9.59 Å². The van der Waals surface area contributed by atoms with Gasteiger partial charge >= 0.3 is 0 Å². The lowest BCUT2D eigenvalue weighted by atomic mass is 9.77. The number of nitrogens with one attached hydrogen (secondary N) is 1. The highest BCUT2D eigenvalue weighted by Gasteiger charge is 2.42. The van der Waals surface area contributed by atoms with Crippen molar-refractivity contribution in [3.63, 3.8) is 0 Å². The maximum Gasteiger partial charge on any atom is 0.228 e. The first-order valence-corrected chi connectivity index (χ1v) is 6.39. The molecule has 0 spiro atoms. The number of nitrogens with two attached hydrogens (primary N) is 2. The molecule has 2 amide bonds. The smallest absolute Gasteiger partial charge is 0.228 e. The molecule has 0 radical (unpaired) electrons. The third kappa shape index (κ3) is 3.43. The topological polar surface area (TPSA) is 101 Å². The van der Waals surface area contributed by atoms with Crippen LogP contribution in [0.25, 0.3) is 0 Å². The summed E-state index contributed by atoms with van der Waals surface area (Å²) in [6.45, 7) is 6.02. The first-order valence-electron chi connectivity index (χ1n) is 6.39. The standard InChI is InChI=1S/C12H24N4O2/c1-12(2)7-9(10(17)15-5-3-13)8-16(6-4-14)11(12)18/h9H,3-8,13-14H2,1-2H3,(H,15,17). The van der Waals surface area contributed by atoms with Crippen LogP contribution in [0.3, 0.4) is 0 Å². The largest absolute Gasteiger partial charge is 0.355 e. The summed E-state index contributed by atoms with van der Waals surface area (Å²) >= 11 is 0. The zero-order valence-corrected chi connectivity index (χ0v) is 11.2. The van der Waals surface area contributed by atoms with Crippen molar-refractivity contribution in [3.8, 4) is 0 Å². The predicted molar refractivity (Wildman–Crippen MR) is 69.6 cm³/mol. The van der Waals surface area contributed by atoms with Crippen LogP contribution in [0, 0.1) is 11.3 Å². The van der Waals surface area contributed by atoms with Crippen LogP contribution in [0.5, 0.6) is 0 Å². The first-order chi connectivity index (χ1) is 8.42. The van der Waals surface area contributed by atoms with Crippen molar-refractivity contribution in [1.29, 1.82) is 0 Å². The van der Waals surface area contributed by atoms with Gasteiger partial charge in [0.2, 0.25) is 11.8 Å². The molecule has 5 N–H and O–H groups in total. The Morgan fingerprint density at radius 3 is 2.67 bits per heavy atom. The molecule has 0 aromatic rings. The molecule has 1 rings (SSSR count). The minimum absolute atomic E-state index is 0.0250. The number of amides is 2. The average molecular weight is 256 g/mol. The monoisotopic (exact) mass is 256 g/mol. The highest BCUT2D eigenvalue weighted by Crippen LogP contribution is 2.33. The van der Waals surface area contributed by atoms with Crippen LogP contribution in [0.1, 0.15) is 20.3 Å². The zero-order chi connectivity index (χ0) is 13.8. The SMILES string of the molecule is CC1(C)CC(C(=O)NCCN)CN(CCN)C1=O. The molecule has 1 aliphatic rings. The number of rotatable bonds is 5. The van der Waals surface area contributed by atoms with Gasteiger partial charge in [-0.1, -0.05) is 13.8 Å². The minimum atomic E-state index is -0.502. The van der Waals surface area contributed by atoms with Gasteiger partial charge in [0.25, 0.3) is 0 Å². The molecule has 1 fully saturated rings. The molecule has 1 unspecified atom stereocenters. The van der Waals surface area contributed by atoms with Crippen molar-refractivity contribution in [2.75, 3.05) is 32.7 Å². The van der Waals surface area contributed by atoms with Crippen LogP contribution >= 0.6 is 0 Å². The van der Waals surface area contributed by atoms with Gasteiger partial charge in [0, 0.05) is 38.1 Å². The molecule has 0 saturated carbocycles. The molecule has 1 saturated heterocycles. The third-order valence-electron chi connectivity index (χ3n) is 3.28. The van der Waals surface area contributed by atoms with E-state index in [1.165, 1.54) is 0 Å². The molecule has 1 heterocycles. The Kier molecular flexibility index (Phi) is 5.10. The van der Waals surface area contributed by atoms with Crippen LogP contribution in [0.15, 0.2) is 0 Å². The Morgan fingerprint density at radius 2 is 2.11 bits per heavy atom. The maximum atomic E-state index is 12.1. The van der Waals surface area contributed by atoms with Gasteiger partial charge in [0.1, 0.15) is 0 Å². The number of carbonyl (C=O) groups excluding carboxylic acids is 2. The molecule has 0 aliphatic carbocycles. The number of carbonyl (C=O) groups is 2. The van der Waals surface area contributed by atoms with Gasteiger partial charge in [0.15, 0.2) is 0 Å². The molecule has 0 bridgehead atoms. The first kappa shape index (κ1) is 14.9. The van der Waals surface area contributed by atoms with E-state index in [4.69, 9.17) is 11.5 Å². The third-order valence-corrected chi connectivity index (χ3v) is 3.28. The van der Waals surface area contributed by atoms with Crippen molar-refractivity contribution in [3.05, 3.63) is 0 Å². The summed E-state index contributed by atoms with van der Waals surface area (Å²) in [6.07, 6.45) is 0.573. The summed E-state index contributed by atoms with van der Waals surface area (Å²) in [5, 5.41) is 2.78. The quantitative estimate of drug-likeness (QED) is 0.581. The van der Waals surface area contributed by atoms with Crippen molar-refractivity contribution in [2.24, 2.45) is 22.8 Å². The van der Waals surface area contributed by atoms with Crippen LogP contribution in [0.4, 0.5) is 0 Å². The van der Waals surface area contributed by atoms with Crippen LogP contribution in [-0.2, 0) is 9.59 Å². The molecular formula is C12H24N4O2. The van der Waals surface area contributed by atoms with E-state index in [1.54, 1.807) is 4.90 Å². The normalized spacial score (nSPS) is 23.0. The average Bonchev–Trinajstić information content (AvgIpc) is 2.31. The van der Waals surface area contributed by atoms with Gasteiger partial charge < -0.3 is 21.7 Å². The van der Waals surface area contributed by atoms with Crippen molar-refractivity contribution in [2.45, 2.75) is 20.3 Å². The van der Waals surface area contributed by atoms with Gasteiger partial charge in [-0.25, -0.2) is 0 Å². The minimum Gasteiger partial charge on any atom is -0.355 e. The summed E-state index contributed by atoms with van der Waals surface area (Å²) in [4.78, 5) is 25.8. The fourth-order valence-electron chi connectivity index (χ4n) is 2.41. The second-order valence-corrected chi connectivity index (χ2v) is 5.40. The summed E-state index contributed by atoms with van der Waals surface area (Å²) in [5.74, 6) is -0.116. The zero-order valence-electron chi connectivity index (χ0n) is 11.2. The van der Waals surface area contributed by atoms with Gasteiger partial charge in [-0.05, 0) is 6.42 Å². The second-order valence-electron chi connectivity index (χ2n) is 5.40. The molecule has 1 atom stereocenters. The Balaban J connectivity index is 2.71. The molecule has 104 valence electrons. The van der Waals surface area contributed by atoms with E-state index in [0.29, 0.717) is 39.1 Å². The molecule has 18 heavy (non-hydrogen) atoms. The lowest BCUT2D eigenvalue weighted by Gasteiger charge is -2.40. The van der Waals surface area contributed by atoms with E-state index in [1.807, 2.05) is 13.8 Å². The van der Waals surface area contributed by atoms with E-state index in [9.17, 15) is 9.59 Å². The number of hydrogen-bond acceptors (Lipinski definition) is 4. The van der Waals surface area contributed by atoms with E-state index >= 15 is 0 Å². The van der Waals surface area contributed by atoms with Crippen molar-refractivity contribution < 1.29 is 9.59 Å². The van der Waals surface area contributed by atoms with Crippen LogP contribution in [0.2, 0.25) is 0 Å². The van der Waals surface area contributed by atoms with Gasteiger partial charge in [0.05, 0.1) is 5.92 Å². The van der Waals surface area contributed by atoms with Gasteiger partial charge in [-0.2, -0.15) is 0 Å². The summed E-state index contributed by atoms with van der Waals surface area (Å²) in [7, 11) is 0. The lowest BCUT2D eigenvalue weighted by Crippen LogP contribution is -2.54. The molecule has 0 aromatic carbocycles. The molecule has 1 aliphatic heterocycles. The Hall–Kier alpha value is -1.14. The van der Waals surface area contributed by atoms with E-state index in [0.717, 1.165) is 0 Å². The van der Waals surface area contributed by atoms with Crippen LogP contribution < -0.4 is 16.8 Å². The summed E-state index contributed by atoms with van der Waals surface area (Å²) < 4.78 is 0. The lowest BCUT2D eigenvalue weighted by molar-refractivity contribution is -0.149. The number of likely N-dealkylation sites (tertiary alicyclic amines) is 1. The number of hydrogen-bond donors (Lipinski definition) is 3. The van der Waals surface area contributed by atoms with Crippen molar-refractivity contribution >= 4 is 11.8 Å². The molecule has 6 nitrogen and oxygen atoms in total. The Labute approximate surface area is 108 Å². The molecule has 6 heteroatoms. The van der Waals surface area contributed by atoms with E-state index < -0.39 is 5.41 Å². The summed E-state index contributed by atoms with van der Waals surface area (Å²) in [5.41, 5.74) is 10.4. The Bertz CT molecular complexity index is 317. The highest BCUT2D eigenvalue weighted by atomic mass is 16.2. The molecular weight excluding hydrogens is 232 g/mol. The van der Waals surface area contributed by atoms with E-state index in [-0.39, 0.29) is 17.7 Å². The second kappa shape index (κ2) is 6.15. The predicted octanol–water partition coefficient (Wildman–Crippen LogP) is -1.11. The fourth-order valence-corrected chi connectivity index (χ4v) is 2.41. The number of nitrogens with zero attached hydrogens (tertiary/aromatic N) is 1. The fraction of sp³-hybridized carbons (Fsp3) is 0.833. The molecule has 0 aromatic heterocycles. The highest BCUT2D eigenvalue weighted by molar-refractivity contribution is 5.87. The Morgan fingerprint density at radius 1 is 1.44 bits per heavy atom. The summed E-state index contributed by atoms with van der Waals surface area (Å²) in [6, 6.07) is 0. The van der Waals surface area contributed by atoms with Crippen LogP contribution in [-0.4, -0.2) is 49.4 Å². The van der Waals surface area contributed by atoms with Gasteiger partial charge in [-0.15, -0.1) is 0 Å². The maximum absolute atomic E-state index is 12.1. The van der Waals surface area contributed by atoms with Crippen molar-refractivity contribution in [1.82, 2.24) is 10.2 Å². The van der Waals surface area contributed by atoms with E-state index in [2.05, 4.69) is 5.32 Å².